The van der Waals surface area contributed by atoms with Crippen molar-refractivity contribution in [1.29, 1.82) is 0 Å². The fraction of sp³-hybridized carbons (Fsp3) is 0.333. The Bertz CT molecular complexity index is 1160. The molecule has 0 spiro atoms. The number of aliphatic hydroxyl groups is 1. The zero-order valence-corrected chi connectivity index (χ0v) is 18.8. The van der Waals surface area contributed by atoms with Crippen LogP contribution in [0.4, 0.5) is 0 Å². The Morgan fingerprint density at radius 3 is 2.03 bits per heavy atom. The first-order valence-electron chi connectivity index (χ1n) is 10.7. The van der Waals surface area contributed by atoms with E-state index in [1.54, 1.807) is 12.1 Å². The second-order valence-electron chi connectivity index (χ2n) is 9.76. The van der Waals surface area contributed by atoms with E-state index in [2.05, 4.69) is 57.1 Å². The van der Waals surface area contributed by atoms with Crippen LogP contribution >= 0.6 is 0 Å². The Balaban J connectivity index is 1.78. The molecule has 0 amide bonds. The van der Waals surface area contributed by atoms with Crippen molar-refractivity contribution in [3.8, 4) is 0 Å². The summed E-state index contributed by atoms with van der Waals surface area (Å²) in [6.45, 7) is 10.9. The molecule has 0 saturated heterocycles. The smallest absolute Gasteiger partial charge is 0.167 e. The number of carbonyl (C=O) groups excluding carboxylic acids is 1. The lowest BCUT2D eigenvalue weighted by molar-refractivity contribution is -0.113. The Hall–Kier alpha value is -3.14. The lowest BCUT2D eigenvalue weighted by Gasteiger charge is -2.37. The predicted octanol–water partition coefficient (Wildman–Crippen LogP) is 5.98. The van der Waals surface area contributed by atoms with Crippen molar-refractivity contribution >= 4 is 17.1 Å². The van der Waals surface area contributed by atoms with E-state index in [9.17, 15) is 15.1 Å². The minimum Gasteiger partial charge on any atom is -0.512 e. The van der Waals surface area contributed by atoms with Crippen molar-refractivity contribution in [3.05, 3.63) is 87.7 Å². The average Bonchev–Trinajstić information content (AvgIpc) is 3.06. The summed E-state index contributed by atoms with van der Waals surface area (Å²) in [5.41, 5.74) is 6.59. The Morgan fingerprint density at radius 2 is 1.52 bits per heavy atom. The lowest BCUT2D eigenvalue weighted by Crippen LogP contribution is -2.29. The van der Waals surface area contributed by atoms with Gasteiger partial charge in [-0.2, -0.15) is 0 Å². The standard InChI is InChI=1S/C27H29NO3/c1-16-14-20-21(27(4,5)13-12-26(20,2)3)15-19(16)25(28-31)18-8-6-17(7-9-18)24-22(29)10-11-23(24)30/h6-9,12-15,29,31H,10-11H2,1-5H3/b28-25+. The van der Waals surface area contributed by atoms with Crippen LogP contribution < -0.4 is 0 Å². The van der Waals surface area contributed by atoms with E-state index in [0.717, 1.165) is 16.7 Å². The van der Waals surface area contributed by atoms with Gasteiger partial charge < -0.3 is 10.3 Å². The SMILES string of the molecule is Cc1cc2c(cc1/C(=N/O)c1ccc(C3=C(O)CCC3=O)cc1)C(C)(C)C=CC2(C)C. The molecule has 0 aromatic heterocycles. The maximum Gasteiger partial charge on any atom is 0.167 e. The Kier molecular flexibility index (Phi) is 4.92. The Labute approximate surface area is 183 Å². The summed E-state index contributed by atoms with van der Waals surface area (Å²) < 4.78 is 0. The zero-order valence-electron chi connectivity index (χ0n) is 18.8. The summed E-state index contributed by atoms with van der Waals surface area (Å²) in [5, 5.41) is 23.6. The average molecular weight is 416 g/mol. The third kappa shape index (κ3) is 3.50. The van der Waals surface area contributed by atoms with E-state index >= 15 is 0 Å². The molecule has 0 aliphatic heterocycles. The van der Waals surface area contributed by atoms with Gasteiger partial charge in [-0.05, 0) is 35.2 Å². The molecule has 2 aromatic carbocycles. The number of benzene rings is 2. The van der Waals surface area contributed by atoms with Crippen molar-refractivity contribution in [2.75, 3.05) is 0 Å². The highest BCUT2D eigenvalue weighted by atomic mass is 16.4. The van der Waals surface area contributed by atoms with E-state index in [1.807, 2.05) is 19.1 Å². The van der Waals surface area contributed by atoms with Crippen molar-refractivity contribution in [2.24, 2.45) is 5.16 Å². The van der Waals surface area contributed by atoms with Crippen molar-refractivity contribution in [2.45, 2.75) is 58.3 Å². The van der Waals surface area contributed by atoms with Crippen LogP contribution in [0, 0.1) is 6.92 Å². The predicted molar refractivity (Wildman–Crippen MR) is 124 cm³/mol. The molecule has 0 unspecified atom stereocenters. The molecule has 2 aliphatic rings. The molecule has 2 aliphatic carbocycles. The van der Waals surface area contributed by atoms with Gasteiger partial charge in [0.2, 0.25) is 0 Å². The molecule has 4 rings (SSSR count). The van der Waals surface area contributed by atoms with Gasteiger partial charge in [-0.1, -0.05) is 75.3 Å². The van der Waals surface area contributed by atoms with Gasteiger partial charge in [0.05, 0.1) is 5.57 Å². The van der Waals surface area contributed by atoms with Gasteiger partial charge in [0.15, 0.2) is 5.78 Å². The minimum atomic E-state index is -0.120. The lowest BCUT2D eigenvalue weighted by atomic mass is 9.67. The summed E-state index contributed by atoms with van der Waals surface area (Å²) in [4.78, 5) is 12.1. The molecule has 0 saturated carbocycles. The van der Waals surface area contributed by atoms with Crippen LogP contribution in [-0.2, 0) is 15.6 Å². The molecular weight excluding hydrogens is 386 g/mol. The molecule has 2 aromatic rings. The molecule has 0 fully saturated rings. The number of ketones is 1. The molecule has 0 bridgehead atoms. The van der Waals surface area contributed by atoms with Gasteiger partial charge in [0.25, 0.3) is 0 Å². The molecular formula is C27H29NO3. The summed E-state index contributed by atoms with van der Waals surface area (Å²) >= 11 is 0. The zero-order chi connectivity index (χ0) is 22.6. The molecule has 0 heterocycles. The topological polar surface area (TPSA) is 69.9 Å². The number of hydrogen-bond acceptors (Lipinski definition) is 4. The molecule has 31 heavy (non-hydrogen) atoms. The number of fused-ring (bicyclic) bond motifs is 1. The number of hydrogen-bond donors (Lipinski definition) is 2. The van der Waals surface area contributed by atoms with Crippen molar-refractivity contribution in [1.82, 2.24) is 0 Å². The first kappa shape index (κ1) is 21.1. The largest absolute Gasteiger partial charge is 0.512 e. The van der Waals surface area contributed by atoms with Crippen LogP contribution in [0.5, 0.6) is 0 Å². The first-order valence-corrected chi connectivity index (χ1v) is 10.7. The van der Waals surface area contributed by atoms with E-state index in [0.29, 0.717) is 29.7 Å². The van der Waals surface area contributed by atoms with Crippen molar-refractivity contribution in [3.63, 3.8) is 0 Å². The van der Waals surface area contributed by atoms with Gasteiger partial charge in [0.1, 0.15) is 11.5 Å². The summed E-state index contributed by atoms with van der Waals surface area (Å²) in [5.74, 6) is 0.113. The second-order valence-corrected chi connectivity index (χ2v) is 9.76. The number of aryl methyl sites for hydroxylation is 1. The molecule has 0 radical (unpaired) electrons. The number of aliphatic hydroxyl groups excluding tert-OH is 1. The van der Waals surface area contributed by atoms with E-state index < -0.39 is 0 Å². The van der Waals surface area contributed by atoms with Gasteiger partial charge in [-0.25, -0.2) is 0 Å². The van der Waals surface area contributed by atoms with E-state index in [-0.39, 0.29) is 22.4 Å². The van der Waals surface area contributed by atoms with Crippen LogP contribution in [0.1, 0.15) is 73.9 Å². The van der Waals surface area contributed by atoms with Crippen LogP contribution in [0.15, 0.2) is 59.5 Å². The quantitative estimate of drug-likeness (QED) is 0.280. The van der Waals surface area contributed by atoms with Gasteiger partial charge in [-0.3, -0.25) is 4.79 Å². The highest BCUT2D eigenvalue weighted by molar-refractivity contribution is 6.23. The monoisotopic (exact) mass is 415 g/mol. The maximum atomic E-state index is 12.1. The summed E-state index contributed by atoms with van der Waals surface area (Å²) in [7, 11) is 0. The van der Waals surface area contributed by atoms with Crippen LogP contribution in [0.25, 0.3) is 5.57 Å². The normalized spacial score (nSPS) is 19.6. The number of oxime groups is 1. The highest BCUT2D eigenvalue weighted by Gasteiger charge is 2.34. The third-order valence-corrected chi connectivity index (χ3v) is 6.63. The number of carbonyl (C=O) groups is 1. The van der Waals surface area contributed by atoms with Crippen LogP contribution in [0.3, 0.4) is 0 Å². The van der Waals surface area contributed by atoms with E-state index in [1.165, 1.54) is 11.1 Å². The molecule has 4 nitrogen and oxygen atoms in total. The van der Waals surface area contributed by atoms with Crippen LogP contribution in [-0.4, -0.2) is 21.8 Å². The number of allylic oxidation sites excluding steroid dienone is 4. The maximum absolute atomic E-state index is 12.1. The third-order valence-electron chi connectivity index (χ3n) is 6.63. The number of Topliss-reactive ketones (excluding diaryl/α,β-unsaturated/α-hetero) is 1. The van der Waals surface area contributed by atoms with Crippen LogP contribution in [0.2, 0.25) is 0 Å². The van der Waals surface area contributed by atoms with Gasteiger partial charge in [-0.15, -0.1) is 0 Å². The molecule has 2 N–H and O–H groups in total. The molecule has 4 heteroatoms. The van der Waals surface area contributed by atoms with Gasteiger partial charge >= 0.3 is 0 Å². The van der Waals surface area contributed by atoms with E-state index in [4.69, 9.17) is 0 Å². The number of rotatable bonds is 3. The fourth-order valence-corrected chi connectivity index (χ4v) is 4.66. The highest BCUT2D eigenvalue weighted by Crippen LogP contribution is 2.42. The minimum absolute atomic E-state index is 0.0373. The summed E-state index contributed by atoms with van der Waals surface area (Å²) in [6, 6.07) is 11.6. The van der Waals surface area contributed by atoms with Crippen molar-refractivity contribution < 1.29 is 15.1 Å². The van der Waals surface area contributed by atoms with Gasteiger partial charge in [0, 0.05) is 34.8 Å². The first-order chi connectivity index (χ1) is 14.5. The summed E-state index contributed by atoms with van der Waals surface area (Å²) in [6.07, 6.45) is 5.26. The second kappa shape index (κ2) is 7.23. The molecule has 0 atom stereocenters. The number of nitrogens with zero attached hydrogens (tertiary/aromatic N) is 1. The fourth-order valence-electron chi connectivity index (χ4n) is 4.66. The molecule has 160 valence electrons. The Morgan fingerprint density at radius 1 is 0.935 bits per heavy atom.